The van der Waals surface area contributed by atoms with Gasteiger partial charge in [-0.25, -0.2) is 4.99 Å². The zero-order valence-electron chi connectivity index (χ0n) is 12.2. The molecule has 22 heavy (non-hydrogen) atoms. The van der Waals surface area contributed by atoms with E-state index in [9.17, 15) is 0 Å². The van der Waals surface area contributed by atoms with Crippen molar-refractivity contribution in [2.24, 2.45) is 4.99 Å². The molecule has 5 heteroatoms. The van der Waals surface area contributed by atoms with Crippen LogP contribution >= 0.6 is 24.2 Å². The molecule has 2 aromatic carbocycles. The molecule has 2 heterocycles. The number of hydrogen-bond acceptors (Lipinski definition) is 4. The van der Waals surface area contributed by atoms with E-state index < -0.39 is 0 Å². The summed E-state index contributed by atoms with van der Waals surface area (Å²) in [6.45, 7) is 4.20. The molecule has 3 nitrogen and oxygen atoms in total. The van der Waals surface area contributed by atoms with Crippen molar-refractivity contribution in [1.29, 1.82) is 0 Å². The second-order valence-electron chi connectivity index (χ2n) is 5.24. The van der Waals surface area contributed by atoms with Gasteiger partial charge in [0.1, 0.15) is 0 Å². The zero-order valence-corrected chi connectivity index (χ0v) is 13.8. The quantitative estimate of drug-likeness (QED) is 0.867. The predicted molar refractivity (Wildman–Crippen MR) is 94.3 cm³/mol. The van der Waals surface area contributed by atoms with Gasteiger partial charge in [0.15, 0.2) is 0 Å². The summed E-state index contributed by atoms with van der Waals surface area (Å²) >= 11 is 1.85. The predicted octanol–water partition coefficient (Wildman–Crippen LogP) is 2.14. The zero-order chi connectivity index (χ0) is 14.1. The highest BCUT2D eigenvalue weighted by Gasteiger charge is 2.18. The van der Waals surface area contributed by atoms with E-state index >= 15 is 0 Å². The summed E-state index contributed by atoms with van der Waals surface area (Å²) in [5.41, 5.74) is 1.07. The number of hydrogen-bond donors (Lipinski definition) is 1. The number of nitrogens with zero attached hydrogens (tertiary/aromatic N) is 2. The van der Waals surface area contributed by atoms with E-state index in [0.717, 1.165) is 37.2 Å². The van der Waals surface area contributed by atoms with Crippen molar-refractivity contribution in [3.05, 3.63) is 59.1 Å². The van der Waals surface area contributed by atoms with Crippen LogP contribution in [0.2, 0.25) is 0 Å². The van der Waals surface area contributed by atoms with Gasteiger partial charge in [0.2, 0.25) is 0 Å². The van der Waals surface area contributed by atoms with Gasteiger partial charge in [-0.3, -0.25) is 0 Å². The number of piperazine rings is 1. The van der Waals surface area contributed by atoms with Crippen molar-refractivity contribution < 1.29 is 0 Å². The molecule has 0 atom stereocenters. The summed E-state index contributed by atoms with van der Waals surface area (Å²) in [5.74, 6) is 0. The summed E-state index contributed by atoms with van der Waals surface area (Å²) in [6.07, 6.45) is 0. The molecule has 0 saturated carbocycles. The Labute approximate surface area is 140 Å². The fourth-order valence-electron chi connectivity index (χ4n) is 2.78. The van der Waals surface area contributed by atoms with E-state index in [-0.39, 0.29) is 12.4 Å². The number of benzene rings is 2. The van der Waals surface area contributed by atoms with Crippen LogP contribution in [0.25, 0.3) is 5.03 Å². The minimum Gasteiger partial charge on any atom is -0.363 e. The van der Waals surface area contributed by atoms with Gasteiger partial charge in [-0.1, -0.05) is 42.1 Å². The summed E-state index contributed by atoms with van der Waals surface area (Å²) in [4.78, 5) is 8.59. The summed E-state index contributed by atoms with van der Waals surface area (Å²) in [7, 11) is 0. The minimum absolute atomic E-state index is 0. The third-order valence-electron chi connectivity index (χ3n) is 3.85. The number of halogens is 1. The van der Waals surface area contributed by atoms with Crippen LogP contribution in [0.4, 0.5) is 5.69 Å². The van der Waals surface area contributed by atoms with Crippen molar-refractivity contribution in [1.82, 2.24) is 10.2 Å². The largest absolute Gasteiger partial charge is 0.363 e. The Morgan fingerprint density at radius 2 is 1.68 bits per heavy atom. The molecular formula is C17H18ClN3S. The van der Waals surface area contributed by atoms with Crippen molar-refractivity contribution in [3.8, 4) is 0 Å². The Morgan fingerprint density at radius 1 is 0.955 bits per heavy atom. The van der Waals surface area contributed by atoms with E-state index in [2.05, 4.69) is 58.7 Å². The van der Waals surface area contributed by atoms with Crippen LogP contribution < -0.4 is 15.9 Å². The smallest absolute Gasteiger partial charge is 0.0853 e. The first-order chi connectivity index (χ1) is 10.4. The molecule has 1 N–H and O–H groups in total. The fourth-order valence-corrected chi connectivity index (χ4v) is 3.95. The van der Waals surface area contributed by atoms with Gasteiger partial charge in [0.25, 0.3) is 0 Å². The summed E-state index contributed by atoms with van der Waals surface area (Å²) in [6, 6.07) is 16.9. The van der Waals surface area contributed by atoms with Crippen LogP contribution in [-0.2, 0) is 0 Å². The molecule has 0 spiro atoms. The lowest BCUT2D eigenvalue weighted by Gasteiger charge is -2.31. The van der Waals surface area contributed by atoms with Crippen molar-refractivity contribution in [2.45, 2.75) is 4.90 Å². The van der Waals surface area contributed by atoms with Crippen molar-refractivity contribution in [2.75, 3.05) is 26.2 Å². The van der Waals surface area contributed by atoms with E-state index in [4.69, 9.17) is 4.99 Å². The van der Waals surface area contributed by atoms with Crippen molar-refractivity contribution >= 4 is 34.9 Å². The van der Waals surface area contributed by atoms with Crippen LogP contribution in [0.3, 0.4) is 0 Å². The second-order valence-corrected chi connectivity index (χ2v) is 6.27. The highest BCUT2D eigenvalue weighted by molar-refractivity contribution is 8.08. The maximum Gasteiger partial charge on any atom is 0.0853 e. The van der Waals surface area contributed by atoms with Crippen molar-refractivity contribution in [3.63, 3.8) is 0 Å². The van der Waals surface area contributed by atoms with Crippen LogP contribution in [0, 0.1) is 0 Å². The SMILES string of the molecule is Cl.c1ccc2c(c1)N=c1ccccc1=C(N1CCNCC1)S2. The van der Waals surface area contributed by atoms with Gasteiger partial charge in [0.05, 0.1) is 16.1 Å². The van der Waals surface area contributed by atoms with Crippen LogP contribution in [0.1, 0.15) is 0 Å². The molecule has 1 fully saturated rings. The van der Waals surface area contributed by atoms with E-state index in [1.54, 1.807) is 0 Å². The average molecular weight is 332 g/mol. The molecule has 0 amide bonds. The van der Waals surface area contributed by atoms with E-state index in [1.807, 2.05) is 11.8 Å². The average Bonchev–Trinajstić information content (AvgIpc) is 2.72. The Balaban J connectivity index is 0.00000144. The Morgan fingerprint density at radius 3 is 2.55 bits per heavy atom. The molecule has 0 bridgehead atoms. The Bertz CT molecular complexity index is 784. The Kier molecular flexibility index (Phi) is 4.71. The van der Waals surface area contributed by atoms with Gasteiger partial charge in [-0.05, 0) is 18.2 Å². The third kappa shape index (κ3) is 2.86. The lowest BCUT2D eigenvalue weighted by molar-refractivity contribution is 0.346. The number of para-hydroxylation sites is 2. The summed E-state index contributed by atoms with van der Waals surface area (Å²) in [5, 5.41) is 7.08. The Hall–Kier alpha value is -1.49. The first kappa shape index (κ1) is 15.4. The molecule has 0 aliphatic carbocycles. The molecule has 0 radical (unpaired) electrons. The first-order valence-corrected chi connectivity index (χ1v) is 8.14. The topological polar surface area (TPSA) is 27.6 Å². The second kappa shape index (κ2) is 6.73. The maximum absolute atomic E-state index is 4.86. The molecule has 0 unspecified atom stereocenters. The molecule has 4 rings (SSSR count). The summed E-state index contributed by atoms with van der Waals surface area (Å²) < 4.78 is 0. The molecule has 0 aromatic heterocycles. The lowest BCUT2D eigenvalue weighted by atomic mass is 10.2. The normalized spacial score (nSPS) is 16.7. The fraction of sp³-hybridized carbons (Fsp3) is 0.235. The molecule has 114 valence electrons. The minimum atomic E-state index is 0. The van der Waals surface area contributed by atoms with Crippen LogP contribution in [0.5, 0.6) is 0 Å². The van der Waals surface area contributed by atoms with Gasteiger partial charge in [0, 0.05) is 36.3 Å². The van der Waals surface area contributed by atoms with Gasteiger partial charge in [-0.2, -0.15) is 0 Å². The number of rotatable bonds is 1. The van der Waals surface area contributed by atoms with E-state index in [1.165, 1.54) is 15.1 Å². The standard InChI is InChI=1S/C17H17N3S.ClH/c1-2-6-14-13(5-1)17(20-11-9-18-10-12-20)21-16-8-4-3-7-15(16)19-14;/h1-8,18H,9-12H2;1H. The third-order valence-corrected chi connectivity index (χ3v) is 5.09. The highest BCUT2D eigenvalue weighted by atomic mass is 35.5. The molecule has 2 aliphatic rings. The monoisotopic (exact) mass is 331 g/mol. The van der Waals surface area contributed by atoms with Crippen LogP contribution in [-0.4, -0.2) is 31.1 Å². The molecule has 1 saturated heterocycles. The van der Waals surface area contributed by atoms with Gasteiger partial charge in [-0.15, -0.1) is 12.4 Å². The van der Waals surface area contributed by atoms with E-state index in [0.29, 0.717) is 0 Å². The molecular weight excluding hydrogens is 314 g/mol. The van der Waals surface area contributed by atoms with Gasteiger partial charge >= 0.3 is 0 Å². The number of nitrogens with one attached hydrogen (secondary N) is 1. The van der Waals surface area contributed by atoms with Crippen LogP contribution in [0.15, 0.2) is 58.4 Å². The number of fused-ring (bicyclic) bond motifs is 2. The first-order valence-electron chi connectivity index (χ1n) is 7.32. The maximum atomic E-state index is 4.86. The lowest BCUT2D eigenvalue weighted by Crippen LogP contribution is -2.44. The highest BCUT2D eigenvalue weighted by Crippen LogP contribution is 2.36. The number of thioether (sulfide) groups is 1. The molecule has 2 aliphatic heterocycles. The van der Waals surface area contributed by atoms with Gasteiger partial charge < -0.3 is 10.2 Å². The molecule has 2 aromatic rings.